The van der Waals surface area contributed by atoms with Crippen LogP contribution in [-0.2, 0) is 12.8 Å². The van der Waals surface area contributed by atoms with E-state index in [2.05, 4.69) is 88.0 Å². The largest absolute Gasteiger partial charge is 0.0928 e. The second kappa shape index (κ2) is 13.4. The molecule has 0 bridgehead atoms. The van der Waals surface area contributed by atoms with Gasteiger partial charge in [-0.3, -0.25) is 0 Å². The molecule has 1 aromatic carbocycles. The normalized spacial score (nSPS) is 14.0. The zero-order chi connectivity index (χ0) is 16.2. The third-order valence-corrected chi connectivity index (χ3v) is 6.49. The Morgan fingerprint density at radius 1 is 0.682 bits per heavy atom. The first-order chi connectivity index (χ1) is 10.7. The number of rotatable bonds is 12. The Morgan fingerprint density at radius 2 is 1.09 bits per heavy atom. The van der Waals surface area contributed by atoms with Gasteiger partial charge >= 0.3 is 0 Å². The minimum absolute atomic E-state index is 0.592. The van der Waals surface area contributed by atoms with Gasteiger partial charge in [-0.2, -0.15) is 0 Å². The van der Waals surface area contributed by atoms with Crippen LogP contribution in [0.15, 0.2) is 24.3 Å². The minimum Gasteiger partial charge on any atom is -0.0928 e. The summed E-state index contributed by atoms with van der Waals surface area (Å²) >= 11 is 14.7. The molecule has 0 radical (unpaired) electrons. The zero-order valence-corrected chi connectivity index (χ0v) is 19.4. The molecule has 2 unspecified atom stereocenters. The molecule has 0 nitrogen and oxygen atoms in total. The van der Waals surface area contributed by atoms with Crippen LogP contribution in [0.25, 0.3) is 0 Å². The van der Waals surface area contributed by atoms with Crippen molar-refractivity contribution in [3.8, 4) is 0 Å². The van der Waals surface area contributed by atoms with Crippen LogP contribution in [0.2, 0.25) is 0 Å². The first-order valence-corrected chi connectivity index (χ1v) is 12.2. The summed E-state index contributed by atoms with van der Waals surface area (Å²) in [7, 11) is 0. The van der Waals surface area contributed by atoms with Gasteiger partial charge in [0.2, 0.25) is 0 Å². The van der Waals surface area contributed by atoms with Gasteiger partial charge in [0.25, 0.3) is 0 Å². The molecule has 0 aliphatic heterocycles. The van der Waals surface area contributed by atoms with Crippen molar-refractivity contribution in [2.24, 2.45) is 0 Å². The second-order valence-corrected chi connectivity index (χ2v) is 9.92. The van der Waals surface area contributed by atoms with E-state index in [0.717, 1.165) is 23.5 Å². The van der Waals surface area contributed by atoms with E-state index in [1.807, 2.05) is 0 Å². The molecule has 126 valence electrons. The maximum Gasteiger partial charge on any atom is 0.0186 e. The van der Waals surface area contributed by atoms with Crippen LogP contribution in [-0.4, -0.2) is 20.3 Å². The summed E-state index contributed by atoms with van der Waals surface area (Å²) in [4.78, 5) is 1.18. The van der Waals surface area contributed by atoms with Gasteiger partial charge in [0.15, 0.2) is 0 Å². The van der Waals surface area contributed by atoms with Gasteiger partial charge in [-0.25, -0.2) is 0 Å². The van der Waals surface area contributed by atoms with Gasteiger partial charge in [-0.1, -0.05) is 101 Å². The predicted molar refractivity (Wildman–Crippen MR) is 115 cm³/mol. The van der Waals surface area contributed by atoms with Gasteiger partial charge in [-0.15, -0.1) is 0 Å². The third kappa shape index (κ3) is 9.44. The van der Waals surface area contributed by atoms with Crippen molar-refractivity contribution < 1.29 is 0 Å². The molecule has 0 saturated carbocycles. The van der Waals surface area contributed by atoms with E-state index >= 15 is 0 Å². The molecule has 0 aliphatic rings. The van der Waals surface area contributed by atoms with Gasteiger partial charge < -0.3 is 0 Å². The minimum atomic E-state index is 0.592. The van der Waals surface area contributed by atoms with Crippen molar-refractivity contribution in [3.63, 3.8) is 0 Å². The van der Waals surface area contributed by atoms with Gasteiger partial charge in [-0.05, 0) is 49.7 Å². The highest BCUT2D eigenvalue weighted by Crippen LogP contribution is 2.23. The van der Waals surface area contributed by atoms with E-state index in [-0.39, 0.29) is 0 Å². The van der Waals surface area contributed by atoms with Gasteiger partial charge in [0.05, 0.1) is 0 Å². The number of unbranched alkanes of at least 4 members (excludes halogenated alkanes) is 2. The lowest BCUT2D eigenvalue weighted by Gasteiger charge is -2.16. The smallest absolute Gasteiger partial charge is 0.0186 e. The van der Waals surface area contributed by atoms with Crippen LogP contribution in [0, 0.1) is 0 Å². The highest BCUT2D eigenvalue weighted by atomic mass is 79.9. The molecule has 0 heterocycles. The summed E-state index contributed by atoms with van der Waals surface area (Å²) in [5, 5.41) is 2.23. The van der Waals surface area contributed by atoms with Gasteiger partial charge in [0, 0.05) is 20.3 Å². The zero-order valence-electron chi connectivity index (χ0n) is 13.0. The van der Waals surface area contributed by atoms with E-state index in [4.69, 9.17) is 0 Å². The maximum atomic E-state index is 3.86. The Bertz CT molecular complexity index is 357. The highest BCUT2D eigenvalue weighted by Gasteiger charge is 2.12. The van der Waals surface area contributed by atoms with Crippen molar-refractivity contribution >= 4 is 63.7 Å². The molecule has 0 saturated heterocycles. The van der Waals surface area contributed by atoms with Crippen LogP contribution < -0.4 is 0 Å². The average Bonchev–Trinajstić information content (AvgIpc) is 2.50. The Hall–Kier alpha value is 1.14. The molecule has 1 aromatic rings. The Labute approximate surface area is 169 Å². The number of hydrogen-bond donors (Lipinski definition) is 0. The van der Waals surface area contributed by atoms with E-state index in [9.17, 15) is 0 Å². The van der Waals surface area contributed by atoms with Crippen molar-refractivity contribution in [3.05, 3.63) is 35.4 Å². The average molecular weight is 562 g/mol. The second-order valence-electron chi connectivity index (χ2n) is 5.74. The summed E-state index contributed by atoms with van der Waals surface area (Å²) in [5.41, 5.74) is 3.02. The fraction of sp³-hybridized carbons (Fsp3) is 0.667. The summed E-state index contributed by atoms with van der Waals surface area (Å²) in [6.07, 6.45) is 9.89. The first-order valence-electron chi connectivity index (χ1n) is 8.14. The molecule has 0 spiro atoms. The SMILES string of the molecule is BrCCCCC(Br)Cc1ccccc1CC(Br)CCCCBr. The molecule has 0 amide bonds. The van der Waals surface area contributed by atoms with E-state index < -0.39 is 0 Å². The van der Waals surface area contributed by atoms with Crippen LogP contribution >= 0.6 is 63.7 Å². The highest BCUT2D eigenvalue weighted by molar-refractivity contribution is 9.10. The maximum absolute atomic E-state index is 3.86. The van der Waals surface area contributed by atoms with Crippen LogP contribution in [0.3, 0.4) is 0 Å². The molecule has 1 rings (SSSR count). The Balaban J connectivity index is 2.50. The van der Waals surface area contributed by atoms with E-state index in [1.54, 1.807) is 0 Å². The Morgan fingerprint density at radius 3 is 1.45 bits per heavy atom. The standard InChI is InChI=1S/C18H26Br4/c19-11-5-3-9-17(21)13-15-7-1-2-8-16(15)14-18(22)10-4-6-12-20/h1-2,7-8,17-18H,3-6,9-14H2. The molecular weight excluding hydrogens is 536 g/mol. The van der Waals surface area contributed by atoms with Crippen molar-refractivity contribution in [2.75, 3.05) is 10.7 Å². The van der Waals surface area contributed by atoms with Crippen molar-refractivity contribution in [2.45, 2.75) is 61.0 Å². The Kier molecular flexibility index (Phi) is 12.9. The molecule has 4 heteroatoms. The molecule has 0 fully saturated rings. The number of alkyl halides is 4. The summed E-state index contributed by atoms with van der Waals surface area (Å²) in [6.45, 7) is 0. The van der Waals surface area contributed by atoms with Gasteiger partial charge in [0.1, 0.15) is 0 Å². The van der Waals surface area contributed by atoms with Crippen LogP contribution in [0.5, 0.6) is 0 Å². The lowest BCUT2D eigenvalue weighted by Crippen LogP contribution is -2.09. The monoisotopic (exact) mass is 558 g/mol. The fourth-order valence-electron chi connectivity index (χ4n) is 2.56. The lowest BCUT2D eigenvalue weighted by atomic mass is 9.96. The molecular formula is C18H26Br4. The topological polar surface area (TPSA) is 0 Å². The third-order valence-electron chi connectivity index (χ3n) is 3.80. The fourth-order valence-corrected chi connectivity index (χ4v) is 4.70. The summed E-state index contributed by atoms with van der Waals surface area (Å²) < 4.78 is 0. The van der Waals surface area contributed by atoms with E-state index in [1.165, 1.54) is 49.7 Å². The molecule has 2 atom stereocenters. The van der Waals surface area contributed by atoms with Crippen molar-refractivity contribution in [1.29, 1.82) is 0 Å². The molecule has 0 N–H and O–H groups in total. The molecule has 22 heavy (non-hydrogen) atoms. The molecule has 0 aliphatic carbocycles. The van der Waals surface area contributed by atoms with Crippen LogP contribution in [0.1, 0.15) is 49.7 Å². The van der Waals surface area contributed by atoms with Crippen LogP contribution in [0.4, 0.5) is 0 Å². The van der Waals surface area contributed by atoms with E-state index in [0.29, 0.717) is 9.65 Å². The molecule has 0 aromatic heterocycles. The quantitative estimate of drug-likeness (QED) is 0.184. The van der Waals surface area contributed by atoms with Crippen molar-refractivity contribution in [1.82, 2.24) is 0 Å². The number of benzene rings is 1. The predicted octanol–water partition coefficient (Wildman–Crippen LogP) is 7.43. The summed E-state index contributed by atoms with van der Waals surface area (Å²) in [6, 6.07) is 8.94. The number of halogens is 4. The number of hydrogen-bond acceptors (Lipinski definition) is 0. The first kappa shape index (κ1) is 21.2. The summed E-state index contributed by atoms with van der Waals surface area (Å²) in [5.74, 6) is 0. The lowest BCUT2D eigenvalue weighted by molar-refractivity contribution is 0.677.